The predicted molar refractivity (Wildman–Crippen MR) is 106 cm³/mol. The van der Waals surface area contributed by atoms with Crippen molar-refractivity contribution in [1.82, 2.24) is 10.3 Å². The maximum Gasteiger partial charge on any atom is 0.416 e. The minimum atomic E-state index is -4.39. The van der Waals surface area contributed by atoms with Gasteiger partial charge < -0.3 is 10.1 Å². The summed E-state index contributed by atoms with van der Waals surface area (Å²) < 4.78 is 44.1. The topological polar surface area (TPSA) is 51.2 Å². The highest BCUT2D eigenvalue weighted by molar-refractivity contribution is 7.13. The molecule has 0 atom stereocenters. The molecule has 1 amide bonds. The molecule has 1 N–H and O–H groups in total. The van der Waals surface area contributed by atoms with Crippen LogP contribution in [0.4, 0.5) is 13.2 Å². The zero-order valence-electron chi connectivity index (χ0n) is 15.2. The van der Waals surface area contributed by atoms with E-state index in [0.29, 0.717) is 28.6 Å². The van der Waals surface area contributed by atoms with Crippen molar-refractivity contribution < 1.29 is 22.7 Å². The molecule has 1 aromatic heterocycles. The van der Waals surface area contributed by atoms with Gasteiger partial charge in [-0.15, -0.1) is 17.9 Å². The van der Waals surface area contributed by atoms with Gasteiger partial charge in [-0.1, -0.05) is 30.3 Å². The monoisotopic (exact) mass is 418 g/mol. The number of alkyl halides is 3. The van der Waals surface area contributed by atoms with Gasteiger partial charge in [-0.3, -0.25) is 4.79 Å². The lowest BCUT2D eigenvalue weighted by Crippen LogP contribution is -2.23. The first kappa shape index (κ1) is 20.6. The van der Waals surface area contributed by atoms with Crippen LogP contribution in [0.25, 0.3) is 10.6 Å². The SMILES string of the molecule is C=CCNC(=O)c1csc(-c2cccc(OCc3cccc(C(F)(F)F)c3)c2)n1. The molecule has 3 aromatic rings. The van der Waals surface area contributed by atoms with Crippen LogP contribution in [0.15, 0.2) is 66.6 Å². The largest absolute Gasteiger partial charge is 0.489 e. The number of carbonyl (C=O) groups is 1. The molecule has 0 radical (unpaired) electrons. The van der Waals surface area contributed by atoms with Crippen molar-refractivity contribution in [3.05, 3.63) is 83.4 Å². The number of rotatable bonds is 7. The van der Waals surface area contributed by atoms with Crippen LogP contribution in [-0.4, -0.2) is 17.4 Å². The van der Waals surface area contributed by atoms with E-state index >= 15 is 0 Å². The molecule has 0 unspecified atom stereocenters. The maximum absolute atomic E-state index is 12.8. The van der Waals surface area contributed by atoms with Gasteiger partial charge in [-0.25, -0.2) is 4.98 Å². The second kappa shape index (κ2) is 8.91. The number of nitrogens with zero attached hydrogens (tertiary/aromatic N) is 1. The summed E-state index contributed by atoms with van der Waals surface area (Å²) in [5, 5.41) is 4.95. The van der Waals surface area contributed by atoms with Gasteiger partial charge in [0, 0.05) is 17.5 Å². The molecule has 0 bridgehead atoms. The summed E-state index contributed by atoms with van der Waals surface area (Å²) in [6.07, 6.45) is -2.81. The molecule has 0 aliphatic rings. The summed E-state index contributed by atoms with van der Waals surface area (Å²) in [7, 11) is 0. The lowest BCUT2D eigenvalue weighted by atomic mass is 10.1. The summed E-state index contributed by atoms with van der Waals surface area (Å²) in [6.45, 7) is 3.89. The number of hydrogen-bond acceptors (Lipinski definition) is 4. The molecule has 0 aliphatic heterocycles. The molecule has 1 heterocycles. The van der Waals surface area contributed by atoms with Crippen LogP contribution in [-0.2, 0) is 12.8 Å². The maximum atomic E-state index is 12.8. The van der Waals surface area contributed by atoms with Crippen molar-refractivity contribution >= 4 is 17.2 Å². The lowest BCUT2D eigenvalue weighted by Gasteiger charge is -2.10. The van der Waals surface area contributed by atoms with E-state index in [4.69, 9.17) is 4.74 Å². The van der Waals surface area contributed by atoms with Crippen LogP contribution in [0.3, 0.4) is 0 Å². The lowest BCUT2D eigenvalue weighted by molar-refractivity contribution is -0.137. The molecule has 0 saturated heterocycles. The van der Waals surface area contributed by atoms with Crippen LogP contribution in [0, 0.1) is 0 Å². The Morgan fingerprint density at radius 1 is 1.21 bits per heavy atom. The summed E-state index contributed by atoms with van der Waals surface area (Å²) in [5.41, 5.74) is 0.763. The smallest absolute Gasteiger partial charge is 0.416 e. The zero-order chi connectivity index (χ0) is 20.9. The molecule has 29 heavy (non-hydrogen) atoms. The molecule has 0 fully saturated rings. The molecule has 3 rings (SSSR count). The van der Waals surface area contributed by atoms with E-state index in [2.05, 4.69) is 16.9 Å². The Hall–Kier alpha value is -3.13. The Kier molecular flexibility index (Phi) is 6.33. The number of halogens is 3. The Balaban J connectivity index is 1.70. The third-order valence-corrected chi connectivity index (χ3v) is 4.78. The highest BCUT2D eigenvalue weighted by Gasteiger charge is 2.30. The second-order valence-corrected chi connectivity index (χ2v) is 6.91. The number of hydrogen-bond donors (Lipinski definition) is 1. The van der Waals surface area contributed by atoms with E-state index < -0.39 is 11.7 Å². The summed E-state index contributed by atoms with van der Waals surface area (Å²) in [5.74, 6) is 0.206. The fraction of sp³-hybridized carbons (Fsp3) is 0.143. The predicted octanol–water partition coefficient (Wildman–Crippen LogP) is 5.32. The number of amides is 1. The third kappa shape index (κ3) is 5.45. The standard InChI is InChI=1S/C21H17F3N2O2S/c1-2-9-25-19(27)18-13-29-20(26-18)15-6-4-8-17(11-15)28-12-14-5-3-7-16(10-14)21(22,23)24/h2-8,10-11,13H,1,9,12H2,(H,25,27). The number of benzene rings is 2. The van der Waals surface area contributed by atoms with Gasteiger partial charge in [0.15, 0.2) is 0 Å². The van der Waals surface area contributed by atoms with Crippen LogP contribution < -0.4 is 10.1 Å². The van der Waals surface area contributed by atoms with Gasteiger partial charge in [0.25, 0.3) is 5.91 Å². The fourth-order valence-corrected chi connectivity index (χ4v) is 3.29. The fourth-order valence-electron chi connectivity index (χ4n) is 2.49. The van der Waals surface area contributed by atoms with Crippen molar-refractivity contribution in [2.45, 2.75) is 12.8 Å². The molecule has 0 saturated carbocycles. The molecule has 0 aliphatic carbocycles. The van der Waals surface area contributed by atoms with Gasteiger partial charge in [-0.2, -0.15) is 13.2 Å². The van der Waals surface area contributed by atoms with E-state index in [1.54, 1.807) is 35.7 Å². The molecular weight excluding hydrogens is 401 g/mol. The van der Waals surface area contributed by atoms with Gasteiger partial charge in [-0.05, 0) is 29.8 Å². The van der Waals surface area contributed by atoms with Gasteiger partial charge in [0.1, 0.15) is 23.1 Å². The zero-order valence-corrected chi connectivity index (χ0v) is 16.0. The summed E-state index contributed by atoms with van der Waals surface area (Å²) in [4.78, 5) is 16.3. The first-order chi connectivity index (χ1) is 13.9. The molecule has 0 spiro atoms. The van der Waals surface area contributed by atoms with Crippen molar-refractivity contribution in [3.8, 4) is 16.3 Å². The Morgan fingerprint density at radius 3 is 2.76 bits per heavy atom. The molecule has 4 nitrogen and oxygen atoms in total. The van der Waals surface area contributed by atoms with Crippen molar-refractivity contribution in [3.63, 3.8) is 0 Å². The number of thiazole rings is 1. The Morgan fingerprint density at radius 2 is 2.00 bits per heavy atom. The average molecular weight is 418 g/mol. The highest BCUT2D eigenvalue weighted by atomic mass is 32.1. The third-order valence-electron chi connectivity index (χ3n) is 3.88. The van der Waals surface area contributed by atoms with E-state index in [1.165, 1.54) is 17.4 Å². The van der Waals surface area contributed by atoms with Crippen LogP contribution in [0.1, 0.15) is 21.6 Å². The van der Waals surface area contributed by atoms with Gasteiger partial charge >= 0.3 is 6.18 Å². The van der Waals surface area contributed by atoms with Gasteiger partial charge in [0.2, 0.25) is 0 Å². The summed E-state index contributed by atoms with van der Waals surface area (Å²) >= 11 is 1.31. The quantitative estimate of drug-likeness (QED) is 0.528. The highest BCUT2D eigenvalue weighted by Crippen LogP contribution is 2.30. The summed E-state index contributed by atoms with van der Waals surface area (Å²) in [6, 6.07) is 12.0. The van der Waals surface area contributed by atoms with Crippen LogP contribution in [0.5, 0.6) is 5.75 Å². The normalized spacial score (nSPS) is 11.1. The number of carbonyl (C=O) groups excluding carboxylic acids is 1. The van der Waals surface area contributed by atoms with Crippen molar-refractivity contribution in [1.29, 1.82) is 0 Å². The minimum Gasteiger partial charge on any atom is -0.489 e. The van der Waals surface area contributed by atoms with E-state index in [0.717, 1.165) is 17.7 Å². The van der Waals surface area contributed by atoms with E-state index in [9.17, 15) is 18.0 Å². The number of nitrogens with one attached hydrogen (secondary N) is 1. The first-order valence-corrected chi connectivity index (χ1v) is 9.49. The first-order valence-electron chi connectivity index (χ1n) is 8.61. The minimum absolute atomic E-state index is 0.000448. The second-order valence-electron chi connectivity index (χ2n) is 6.05. The van der Waals surface area contributed by atoms with E-state index in [1.807, 2.05) is 6.07 Å². The van der Waals surface area contributed by atoms with Crippen LogP contribution >= 0.6 is 11.3 Å². The Labute approximate surface area is 169 Å². The molecule has 150 valence electrons. The van der Waals surface area contributed by atoms with Gasteiger partial charge in [0.05, 0.1) is 5.56 Å². The van der Waals surface area contributed by atoms with Crippen LogP contribution in [0.2, 0.25) is 0 Å². The van der Waals surface area contributed by atoms with Crippen molar-refractivity contribution in [2.75, 3.05) is 6.54 Å². The number of aromatic nitrogens is 1. The molecular formula is C21H17F3N2O2S. The Bertz CT molecular complexity index is 1010. The average Bonchev–Trinajstić information content (AvgIpc) is 3.21. The molecule has 8 heteroatoms. The molecule has 2 aromatic carbocycles. The number of ether oxygens (including phenoxy) is 1. The van der Waals surface area contributed by atoms with Crippen molar-refractivity contribution in [2.24, 2.45) is 0 Å². The van der Waals surface area contributed by atoms with E-state index in [-0.39, 0.29) is 12.5 Å².